The lowest BCUT2D eigenvalue weighted by atomic mass is 9.73. The van der Waals surface area contributed by atoms with Crippen LogP contribution in [-0.2, 0) is 4.79 Å². The van der Waals surface area contributed by atoms with Crippen LogP contribution in [0.25, 0.3) is 0 Å². The highest BCUT2D eigenvalue weighted by molar-refractivity contribution is 6.07. The minimum atomic E-state index is -0.650. The van der Waals surface area contributed by atoms with E-state index in [1.54, 1.807) is 0 Å². The summed E-state index contributed by atoms with van der Waals surface area (Å²) >= 11 is 0. The van der Waals surface area contributed by atoms with Crippen molar-refractivity contribution >= 4 is 11.9 Å². The van der Waals surface area contributed by atoms with Gasteiger partial charge in [-0.3, -0.25) is 10.1 Å². The summed E-state index contributed by atoms with van der Waals surface area (Å²) in [6.45, 7) is 6.46. The van der Waals surface area contributed by atoms with Crippen LogP contribution in [0.15, 0.2) is 12.1 Å². The number of benzene rings is 1. The first-order chi connectivity index (χ1) is 9.91. The van der Waals surface area contributed by atoms with Crippen molar-refractivity contribution in [1.82, 2.24) is 10.6 Å². The lowest BCUT2D eigenvalue weighted by Gasteiger charge is -2.35. The maximum Gasteiger partial charge on any atom is 0.322 e. The Hall–Kier alpha value is -1.84. The molecule has 2 N–H and O–H groups in total. The molecule has 1 heterocycles. The Morgan fingerprint density at radius 2 is 1.62 bits per heavy atom. The predicted molar refractivity (Wildman–Crippen MR) is 81.3 cm³/mol. The first kappa shape index (κ1) is 14.1. The minimum Gasteiger partial charge on any atom is -0.323 e. The van der Waals surface area contributed by atoms with E-state index in [-0.39, 0.29) is 11.9 Å². The quantitative estimate of drug-likeness (QED) is 0.780. The van der Waals surface area contributed by atoms with Gasteiger partial charge < -0.3 is 5.32 Å². The molecule has 1 saturated heterocycles. The molecule has 3 rings (SSSR count). The van der Waals surface area contributed by atoms with Gasteiger partial charge in [-0.2, -0.15) is 0 Å². The van der Waals surface area contributed by atoms with Crippen molar-refractivity contribution in [2.75, 3.05) is 0 Å². The molecule has 21 heavy (non-hydrogen) atoms. The van der Waals surface area contributed by atoms with Gasteiger partial charge in [-0.25, -0.2) is 4.79 Å². The predicted octanol–water partition coefficient (Wildman–Crippen LogP) is 2.85. The average molecular weight is 286 g/mol. The molecule has 4 nitrogen and oxygen atoms in total. The van der Waals surface area contributed by atoms with E-state index in [4.69, 9.17) is 0 Å². The molecule has 1 aliphatic carbocycles. The maximum atomic E-state index is 12.0. The standard InChI is InChI=1S/C17H22N2O2/c1-10-8-14(9-11(2)12(10)3)13-4-6-17(7-5-13)15(20)18-16(21)19-17/h8-9,13H,4-7H2,1-3H3,(H2,18,19,20,21). The van der Waals surface area contributed by atoms with Gasteiger partial charge in [0.05, 0.1) is 0 Å². The summed E-state index contributed by atoms with van der Waals surface area (Å²) in [5, 5.41) is 5.19. The van der Waals surface area contributed by atoms with Crippen molar-refractivity contribution in [1.29, 1.82) is 0 Å². The van der Waals surface area contributed by atoms with Gasteiger partial charge in [-0.05, 0) is 74.6 Å². The monoisotopic (exact) mass is 286 g/mol. The van der Waals surface area contributed by atoms with Crippen LogP contribution in [0.4, 0.5) is 4.79 Å². The third kappa shape index (κ3) is 2.33. The maximum absolute atomic E-state index is 12.0. The summed E-state index contributed by atoms with van der Waals surface area (Å²) in [5.41, 5.74) is 4.74. The van der Waals surface area contributed by atoms with Crippen LogP contribution in [0.2, 0.25) is 0 Å². The fraction of sp³-hybridized carbons (Fsp3) is 0.529. The second kappa shape index (κ2) is 4.86. The van der Waals surface area contributed by atoms with Gasteiger partial charge in [-0.15, -0.1) is 0 Å². The summed E-state index contributed by atoms with van der Waals surface area (Å²) in [4.78, 5) is 23.3. The summed E-state index contributed by atoms with van der Waals surface area (Å²) in [6, 6.07) is 4.21. The number of urea groups is 1. The minimum absolute atomic E-state index is 0.151. The lowest BCUT2D eigenvalue weighted by Crippen LogP contribution is -2.49. The number of hydrogen-bond acceptors (Lipinski definition) is 2. The molecular weight excluding hydrogens is 264 g/mol. The van der Waals surface area contributed by atoms with Gasteiger partial charge in [0.1, 0.15) is 5.54 Å². The second-order valence-electron chi connectivity index (χ2n) is 6.54. The van der Waals surface area contributed by atoms with Crippen LogP contribution in [0.3, 0.4) is 0 Å². The smallest absolute Gasteiger partial charge is 0.322 e. The highest BCUT2D eigenvalue weighted by Crippen LogP contribution is 2.40. The third-order valence-corrected chi connectivity index (χ3v) is 5.27. The Kier molecular flexibility index (Phi) is 3.27. The molecule has 1 saturated carbocycles. The molecule has 0 aromatic heterocycles. The molecule has 1 aliphatic heterocycles. The molecule has 1 aromatic carbocycles. The molecule has 0 radical (unpaired) electrons. The number of carbonyl (C=O) groups excluding carboxylic acids is 2. The molecule has 4 heteroatoms. The van der Waals surface area contributed by atoms with Crippen molar-refractivity contribution in [3.63, 3.8) is 0 Å². The number of aryl methyl sites for hydroxylation is 2. The second-order valence-corrected chi connectivity index (χ2v) is 6.54. The van der Waals surface area contributed by atoms with Crippen molar-refractivity contribution in [3.05, 3.63) is 34.4 Å². The number of amides is 3. The van der Waals surface area contributed by atoms with Crippen molar-refractivity contribution in [3.8, 4) is 0 Å². The van der Waals surface area contributed by atoms with Gasteiger partial charge in [0, 0.05) is 0 Å². The van der Waals surface area contributed by atoms with Crippen molar-refractivity contribution in [2.45, 2.75) is 57.9 Å². The van der Waals surface area contributed by atoms with E-state index in [1.165, 1.54) is 22.3 Å². The lowest BCUT2D eigenvalue weighted by molar-refractivity contribution is -0.125. The number of hydrogen-bond donors (Lipinski definition) is 2. The molecule has 0 unspecified atom stereocenters. The van der Waals surface area contributed by atoms with E-state index >= 15 is 0 Å². The van der Waals surface area contributed by atoms with E-state index in [1.807, 2.05) is 0 Å². The molecule has 2 fully saturated rings. The van der Waals surface area contributed by atoms with Gasteiger partial charge >= 0.3 is 6.03 Å². The molecular formula is C17H22N2O2. The Bertz CT molecular complexity index is 590. The third-order valence-electron chi connectivity index (χ3n) is 5.27. The summed E-state index contributed by atoms with van der Waals surface area (Å²) in [6.07, 6.45) is 3.33. The van der Waals surface area contributed by atoms with Gasteiger partial charge in [0.2, 0.25) is 0 Å². The molecule has 112 valence electrons. The van der Waals surface area contributed by atoms with Crippen molar-refractivity contribution in [2.24, 2.45) is 0 Å². The van der Waals surface area contributed by atoms with Crippen LogP contribution in [-0.4, -0.2) is 17.5 Å². The Balaban J connectivity index is 1.77. The first-order valence-electron chi connectivity index (χ1n) is 7.63. The van der Waals surface area contributed by atoms with E-state index < -0.39 is 5.54 Å². The Labute approximate surface area is 125 Å². The first-order valence-corrected chi connectivity index (χ1v) is 7.63. The SMILES string of the molecule is Cc1cc(C2CCC3(CC2)NC(=O)NC3=O)cc(C)c1C. The number of carbonyl (C=O) groups is 2. The van der Waals surface area contributed by atoms with Crippen LogP contribution < -0.4 is 10.6 Å². The molecule has 0 bridgehead atoms. The topological polar surface area (TPSA) is 58.2 Å². The van der Waals surface area contributed by atoms with E-state index in [0.29, 0.717) is 5.92 Å². The van der Waals surface area contributed by atoms with Gasteiger partial charge in [-0.1, -0.05) is 12.1 Å². The zero-order chi connectivity index (χ0) is 15.2. The molecule has 0 atom stereocenters. The fourth-order valence-corrected chi connectivity index (χ4v) is 3.63. The van der Waals surface area contributed by atoms with Gasteiger partial charge in [0.15, 0.2) is 0 Å². The largest absolute Gasteiger partial charge is 0.323 e. The van der Waals surface area contributed by atoms with Crippen LogP contribution in [0.1, 0.15) is 53.9 Å². The normalized spacial score (nSPS) is 28.6. The van der Waals surface area contributed by atoms with E-state index in [0.717, 1.165) is 25.7 Å². The van der Waals surface area contributed by atoms with Crippen molar-refractivity contribution < 1.29 is 9.59 Å². The average Bonchev–Trinajstić information content (AvgIpc) is 2.71. The van der Waals surface area contributed by atoms with Crippen LogP contribution >= 0.6 is 0 Å². The Morgan fingerprint density at radius 1 is 1.05 bits per heavy atom. The summed E-state index contributed by atoms with van der Waals surface area (Å²) < 4.78 is 0. The molecule has 1 aromatic rings. The number of rotatable bonds is 1. The molecule has 2 aliphatic rings. The summed E-state index contributed by atoms with van der Waals surface area (Å²) in [5.74, 6) is 0.334. The molecule has 1 spiro atoms. The van der Waals surface area contributed by atoms with Gasteiger partial charge in [0.25, 0.3) is 5.91 Å². The summed E-state index contributed by atoms with van der Waals surface area (Å²) in [7, 11) is 0. The fourth-order valence-electron chi connectivity index (χ4n) is 3.63. The highest BCUT2D eigenvalue weighted by Gasteiger charge is 2.48. The van der Waals surface area contributed by atoms with Crippen LogP contribution in [0.5, 0.6) is 0 Å². The number of imide groups is 1. The highest BCUT2D eigenvalue weighted by atomic mass is 16.2. The Morgan fingerprint density at radius 3 is 2.10 bits per heavy atom. The zero-order valence-electron chi connectivity index (χ0n) is 12.9. The van der Waals surface area contributed by atoms with E-state index in [9.17, 15) is 9.59 Å². The number of nitrogens with one attached hydrogen (secondary N) is 2. The zero-order valence-corrected chi connectivity index (χ0v) is 12.9. The molecule has 3 amide bonds. The van der Waals surface area contributed by atoms with E-state index in [2.05, 4.69) is 43.5 Å². The van der Waals surface area contributed by atoms with Crippen LogP contribution in [0, 0.1) is 20.8 Å².